The van der Waals surface area contributed by atoms with E-state index in [1.165, 1.54) is 6.21 Å². The van der Waals surface area contributed by atoms with Gasteiger partial charge in [-0.25, -0.2) is 0 Å². The molecule has 7 heteroatoms. The van der Waals surface area contributed by atoms with E-state index in [2.05, 4.69) is 28.4 Å². The Hall–Kier alpha value is -3.68. The van der Waals surface area contributed by atoms with Crippen molar-refractivity contribution in [2.75, 3.05) is 42.3 Å². The van der Waals surface area contributed by atoms with E-state index in [4.69, 9.17) is 15.9 Å². The molecule has 1 aliphatic rings. The van der Waals surface area contributed by atoms with E-state index in [9.17, 15) is 4.79 Å². The van der Waals surface area contributed by atoms with Gasteiger partial charge in [-0.3, -0.25) is 4.79 Å². The van der Waals surface area contributed by atoms with Gasteiger partial charge in [-0.15, -0.1) is 11.3 Å². The lowest BCUT2D eigenvalue weighted by Crippen LogP contribution is -2.36. The Morgan fingerprint density at radius 2 is 1.82 bits per heavy atom. The molecule has 0 unspecified atom stereocenters. The zero-order chi connectivity index (χ0) is 22.8. The fourth-order valence-electron chi connectivity index (χ4n) is 4.03. The molecule has 1 fully saturated rings. The molecule has 4 aromatic rings. The summed E-state index contributed by atoms with van der Waals surface area (Å²) in [5.74, 6) is -0.236. The number of amides is 1. The summed E-state index contributed by atoms with van der Waals surface area (Å²) < 4.78 is 6.56. The number of anilines is 3. The largest absolute Gasteiger partial charge is 0.398 e. The Morgan fingerprint density at radius 3 is 2.55 bits per heavy atom. The summed E-state index contributed by atoms with van der Waals surface area (Å²) >= 11 is 1.62. The van der Waals surface area contributed by atoms with Crippen LogP contribution in [-0.4, -0.2) is 38.4 Å². The molecule has 166 valence electrons. The average Bonchev–Trinajstić information content (AvgIpc) is 3.29. The van der Waals surface area contributed by atoms with Crippen LogP contribution in [-0.2, 0) is 4.74 Å². The van der Waals surface area contributed by atoms with Crippen LogP contribution in [0.25, 0.3) is 20.5 Å². The smallest absolute Gasteiger partial charge is 0.255 e. The normalized spacial score (nSPS) is 13.8. The molecule has 1 aromatic heterocycles. The van der Waals surface area contributed by atoms with Crippen LogP contribution in [0.4, 0.5) is 17.1 Å². The highest BCUT2D eigenvalue weighted by Gasteiger charge is 2.16. The van der Waals surface area contributed by atoms with Gasteiger partial charge < -0.3 is 26.1 Å². The van der Waals surface area contributed by atoms with Gasteiger partial charge in [0.05, 0.1) is 13.2 Å². The molecule has 1 amide bonds. The number of carbonyl (C=O) groups excluding carboxylic acids is 1. The second-order valence-electron chi connectivity index (χ2n) is 7.92. The number of nitrogens with two attached hydrogens (primary N) is 1. The quantitative estimate of drug-likeness (QED) is 0.283. The zero-order valence-corrected chi connectivity index (χ0v) is 18.8. The second kappa shape index (κ2) is 9.05. The van der Waals surface area contributed by atoms with Gasteiger partial charge >= 0.3 is 0 Å². The SMILES string of the molecule is N=Cc1cc(C(=O)Nc2ccc(N3CCOCC3)cc2)cc(-c2cc3ccccc3s2)c1N. The van der Waals surface area contributed by atoms with Crippen LogP contribution < -0.4 is 16.0 Å². The van der Waals surface area contributed by atoms with Crippen molar-refractivity contribution < 1.29 is 9.53 Å². The lowest BCUT2D eigenvalue weighted by Gasteiger charge is -2.28. The fraction of sp³-hybridized carbons (Fsp3) is 0.154. The van der Waals surface area contributed by atoms with Gasteiger partial charge in [0, 0.05) is 62.6 Å². The predicted molar refractivity (Wildman–Crippen MR) is 137 cm³/mol. The maximum absolute atomic E-state index is 13.1. The van der Waals surface area contributed by atoms with Crippen molar-refractivity contribution in [3.63, 3.8) is 0 Å². The minimum absolute atomic E-state index is 0.236. The van der Waals surface area contributed by atoms with E-state index in [0.717, 1.165) is 52.5 Å². The minimum atomic E-state index is -0.236. The van der Waals surface area contributed by atoms with E-state index < -0.39 is 0 Å². The molecule has 4 N–H and O–H groups in total. The molecule has 0 radical (unpaired) electrons. The number of hydrogen-bond acceptors (Lipinski definition) is 6. The summed E-state index contributed by atoms with van der Waals surface area (Å²) in [6.07, 6.45) is 1.19. The Labute approximate surface area is 196 Å². The van der Waals surface area contributed by atoms with E-state index in [1.54, 1.807) is 17.4 Å². The predicted octanol–water partition coefficient (Wildman–Crippen LogP) is 5.24. The number of hydrogen-bond donors (Lipinski definition) is 3. The van der Waals surface area contributed by atoms with Crippen molar-refractivity contribution in [3.05, 3.63) is 77.9 Å². The topological polar surface area (TPSA) is 91.4 Å². The number of carbonyl (C=O) groups is 1. The first-order chi connectivity index (χ1) is 16.1. The number of fused-ring (bicyclic) bond motifs is 1. The first kappa shape index (κ1) is 21.2. The van der Waals surface area contributed by atoms with Crippen LogP contribution in [0.2, 0.25) is 0 Å². The Kier molecular flexibility index (Phi) is 5.81. The summed E-state index contributed by atoms with van der Waals surface area (Å²) in [6, 6.07) is 21.5. The Balaban J connectivity index is 1.42. The van der Waals surface area contributed by atoms with E-state index in [1.807, 2.05) is 42.5 Å². The number of nitrogen functional groups attached to an aromatic ring is 1. The molecule has 1 aliphatic heterocycles. The minimum Gasteiger partial charge on any atom is -0.398 e. The maximum atomic E-state index is 13.1. The highest BCUT2D eigenvalue weighted by Crippen LogP contribution is 2.38. The van der Waals surface area contributed by atoms with Crippen molar-refractivity contribution in [2.45, 2.75) is 0 Å². The lowest BCUT2D eigenvalue weighted by molar-refractivity contribution is 0.102. The number of rotatable bonds is 5. The number of morpholine rings is 1. The third-order valence-electron chi connectivity index (χ3n) is 5.82. The van der Waals surface area contributed by atoms with Crippen molar-refractivity contribution >= 4 is 50.6 Å². The molecule has 0 aliphatic carbocycles. The molecular weight excluding hydrogens is 432 g/mol. The summed E-state index contributed by atoms with van der Waals surface area (Å²) in [6.45, 7) is 3.19. The standard InChI is InChI=1S/C26H24N4O2S/c27-16-19-13-18(14-22(25(19)28)24-15-17-3-1-2-4-23(17)33-24)26(31)29-20-5-7-21(8-6-20)30-9-11-32-12-10-30/h1-8,13-16,27H,9-12,28H2,(H,29,31). The summed E-state index contributed by atoms with van der Waals surface area (Å²) in [7, 11) is 0. The molecule has 0 spiro atoms. The van der Waals surface area contributed by atoms with Crippen LogP contribution in [0.1, 0.15) is 15.9 Å². The number of nitrogens with one attached hydrogen (secondary N) is 2. The van der Waals surface area contributed by atoms with Crippen LogP contribution >= 0.6 is 11.3 Å². The van der Waals surface area contributed by atoms with E-state index >= 15 is 0 Å². The Bertz CT molecular complexity index is 1290. The molecule has 1 saturated heterocycles. The third-order valence-corrected chi connectivity index (χ3v) is 6.97. The van der Waals surface area contributed by atoms with Gasteiger partial charge in [-0.2, -0.15) is 0 Å². The van der Waals surface area contributed by atoms with Crippen molar-refractivity contribution in [3.8, 4) is 10.4 Å². The lowest BCUT2D eigenvalue weighted by atomic mass is 10.0. The van der Waals surface area contributed by atoms with Crippen molar-refractivity contribution in [2.24, 2.45) is 0 Å². The first-order valence-corrected chi connectivity index (χ1v) is 11.6. The summed E-state index contributed by atoms with van der Waals surface area (Å²) in [4.78, 5) is 16.3. The van der Waals surface area contributed by atoms with Crippen LogP contribution in [0.3, 0.4) is 0 Å². The fourth-order valence-corrected chi connectivity index (χ4v) is 5.12. The van der Waals surface area contributed by atoms with Crippen molar-refractivity contribution in [1.82, 2.24) is 0 Å². The third kappa shape index (κ3) is 4.33. The van der Waals surface area contributed by atoms with Gasteiger partial charge in [0.2, 0.25) is 0 Å². The average molecular weight is 457 g/mol. The molecular formula is C26H24N4O2S. The molecule has 33 heavy (non-hydrogen) atoms. The molecule has 0 atom stereocenters. The first-order valence-electron chi connectivity index (χ1n) is 10.8. The monoisotopic (exact) mass is 456 g/mol. The number of nitrogens with zero attached hydrogens (tertiary/aromatic N) is 1. The maximum Gasteiger partial charge on any atom is 0.255 e. The van der Waals surface area contributed by atoms with Crippen molar-refractivity contribution in [1.29, 1.82) is 5.41 Å². The van der Waals surface area contributed by atoms with Crippen LogP contribution in [0, 0.1) is 5.41 Å². The molecule has 0 bridgehead atoms. The molecule has 5 rings (SSSR count). The summed E-state index contributed by atoms with van der Waals surface area (Å²) in [5.41, 5.74) is 10.5. The van der Waals surface area contributed by atoms with E-state index in [-0.39, 0.29) is 5.91 Å². The summed E-state index contributed by atoms with van der Waals surface area (Å²) in [5, 5.41) is 11.9. The molecule has 0 saturated carbocycles. The van der Waals surface area contributed by atoms with Gasteiger partial charge in [-0.05, 0) is 53.9 Å². The Morgan fingerprint density at radius 1 is 1.06 bits per heavy atom. The molecule has 2 heterocycles. The van der Waals surface area contributed by atoms with Gasteiger partial charge in [0.25, 0.3) is 5.91 Å². The highest BCUT2D eigenvalue weighted by molar-refractivity contribution is 7.22. The van der Waals surface area contributed by atoms with Gasteiger partial charge in [-0.1, -0.05) is 18.2 Å². The number of benzene rings is 3. The van der Waals surface area contributed by atoms with Crippen LogP contribution in [0.5, 0.6) is 0 Å². The molecule has 3 aromatic carbocycles. The van der Waals surface area contributed by atoms with Gasteiger partial charge in [0.15, 0.2) is 0 Å². The van der Waals surface area contributed by atoms with Crippen LogP contribution in [0.15, 0.2) is 66.7 Å². The van der Waals surface area contributed by atoms with Gasteiger partial charge in [0.1, 0.15) is 0 Å². The number of ether oxygens (including phenoxy) is 1. The second-order valence-corrected chi connectivity index (χ2v) is 9.00. The molecule has 6 nitrogen and oxygen atoms in total. The highest BCUT2D eigenvalue weighted by atomic mass is 32.1. The number of thiophene rings is 1. The zero-order valence-electron chi connectivity index (χ0n) is 18.0. The van der Waals surface area contributed by atoms with E-state index in [0.29, 0.717) is 22.5 Å².